The van der Waals surface area contributed by atoms with Gasteiger partial charge in [-0.1, -0.05) is 11.6 Å². The molecule has 0 saturated carbocycles. The number of nitrogens with one attached hydrogen (secondary N) is 1. The maximum Gasteiger partial charge on any atom is 0.339 e. The zero-order valence-electron chi connectivity index (χ0n) is 8.16. The van der Waals surface area contributed by atoms with E-state index in [1.54, 1.807) is 24.2 Å². The summed E-state index contributed by atoms with van der Waals surface area (Å²) in [6, 6.07) is 0. The van der Waals surface area contributed by atoms with E-state index in [2.05, 4.69) is 10.4 Å². The third kappa shape index (κ3) is 1.88. The average molecular weight is 228 g/mol. The molecule has 0 fully saturated rings. The number of halogens is 1. The van der Waals surface area contributed by atoms with Crippen LogP contribution < -0.4 is 5.43 Å². The van der Waals surface area contributed by atoms with E-state index in [1.165, 1.54) is 0 Å². The highest BCUT2D eigenvalue weighted by atomic mass is 35.5. The number of aliphatic imine (C=N–C) groups is 1. The molecule has 2 aliphatic heterocycles. The zero-order chi connectivity index (χ0) is 10.8. The van der Waals surface area contributed by atoms with Gasteiger partial charge >= 0.3 is 5.97 Å². The van der Waals surface area contributed by atoms with Gasteiger partial charge in [0.2, 0.25) is 0 Å². The second-order valence-electron chi connectivity index (χ2n) is 2.98. The first-order valence-electron chi connectivity index (χ1n) is 4.57. The number of allylic oxidation sites excluding steroid dienone is 1. The number of ether oxygens (including phenoxy) is 1. The van der Waals surface area contributed by atoms with Gasteiger partial charge in [-0.15, -0.1) is 0 Å². The fourth-order valence-corrected chi connectivity index (χ4v) is 1.50. The number of hydrazine groups is 1. The van der Waals surface area contributed by atoms with Crippen LogP contribution in [0, 0.1) is 0 Å². The molecule has 0 radical (unpaired) electrons. The minimum absolute atomic E-state index is 0.350. The molecule has 5 nitrogen and oxygen atoms in total. The summed E-state index contributed by atoms with van der Waals surface area (Å²) < 4.78 is 4.91. The Hall–Kier alpha value is -1.33. The number of nitrogens with zero attached hydrogens (tertiary/aromatic N) is 2. The first kappa shape index (κ1) is 10.2. The van der Waals surface area contributed by atoms with Gasteiger partial charge in [0.15, 0.2) is 5.82 Å². The van der Waals surface area contributed by atoms with Crippen molar-refractivity contribution in [1.82, 2.24) is 10.4 Å². The zero-order valence-corrected chi connectivity index (χ0v) is 8.91. The van der Waals surface area contributed by atoms with E-state index in [1.807, 2.05) is 0 Å². The van der Waals surface area contributed by atoms with Crippen molar-refractivity contribution in [2.45, 2.75) is 6.92 Å². The molecule has 2 rings (SSSR count). The lowest BCUT2D eigenvalue weighted by molar-refractivity contribution is -0.138. The lowest BCUT2D eigenvalue weighted by atomic mass is 10.3. The molecule has 0 spiro atoms. The van der Waals surface area contributed by atoms with Gasteiger partial charge in [-0.05, 0) is 13.0 Å². The Bertz CT molecular complexity index is 387. The third-order valence-electron chi connectivity index (χ3n) is 2.02. The summed E-state index contributed by atoms with van der Waals surface area (Å²) in [5.74, 6) is 0.159. The van der Waals surface area contributed by atoms with Crippen molar-refractivity contribution < 1.29 is 9.53 Å². The van der Waals surface area contributed by atoms with Crippen LogP contribution in [0.15, 0.2) is 28.7 Å². The lowest BCUT2D eigenvalue weighted by Crippen LogP contribution is -2.27. The summed E-state index contributed by atoms with van der Waals surface area (Å²) in [5, 5.41) is 2.00. The van der Waals surface area contributed by atoms with Crippen molar-refractivity contribution >= 4 is 22.7 Å². The number of fused-ring (bicyclic) bond motifs is 1. The van der Waals surface area contributed by atoms with Crippen LogP contribution in [0.1, 0.15) is 6.92 Å². The summed E-state index contributed by atoms with van der Waals surface area (Å²) in [6.45, 7) is 2.52. The van der Waals surface area contributed by atoms with Gasteiger partial charge in [0.05, 0.1) is 18.7 Å². The summed E-state index contributed by atoms with van der Waals surface area (Å²) in [4.78, 5) is 15.6. The fraction of sp³-hybridized carbons (Fsp3) is 0.333. The van der Waals surface area contributed by atoms with E-state index < -0.39 is 0 Å². The smallest absolute Gasteiger partial charge is 0.339 e. The van der Waals surface area contributed by atoms with Gasteiger partial charge in [-0.2, -0.15) is 0 Å². The normalized spacial score (nSPS) is 19.1. The standard InChI is InChI=1S/C9H10ClN3O2/c1-2-15-9(14)6-5-11-13-4-3-7(10)12-8(6)13/h3-4,11H,2,5H2,1H3. The molecule has 0 atom stereocenters. The molecule has 0 saturated heterocycles. The second kappa shape index (κ2) is 4.04. The van der Waals surface area contributed by atoms with Crippen LogP contribution in [-0.2, 0) is 9.53 Å². The highest BCUT2D eigenvalue weighted by Crippen LogP contribution is 2.22. The van der Waals surface area contributed by atoms with Crippen LogP contribution >= 0.6 is 11.6 Å². The van der Waals surface area contributed by atoms with Gasteiger partial charge in [0.1, 0.15) is 5.17 Å². The Morgan fingerprint density at radius 1 is 1.80 bits per heavy atom. The van der Waals surface area contributed by atoms with Crippen molar-refractivity contribution in [3.8, 4) is 0 Å². The SMILES string of the molecule is CCOC(=O)C1=C2N=C(Cl)C=CN2NC1. The number of hydrogen-bond donors (Lipinski definition) is 1. The van der Waals surface area contributed by atoms with E-state index in [9.17, 15) is 4.79 Å². The summed E-state index contributed by atoms with van der Waals surface area (Å²) in [7, 11) is 0. The van der Waals surface area contributed by atoms with Crippen LogP contribution in [-0.4, -0.2) is 29.3 Å². The molecule has 0 aromatic rings. The molecule has 0 aliphatic carbocycles. The minimum Gasteiger partial charge on any atom is -0.462 e. The maximum atomic E-state index is 11.5. The van der Waals surface area contributed by atoms with E-state index in [-0.39, 0.29) is 5.97 Å². The monoisotopic (exact) mass is 227 g/mol. The van der Waals surface area contributed by atoms with E-state index in [0.717, 1.165) is 0 Å². The number of carbonyl (C=O) groups excluding carboxylic acids is 1. The first-order valence-corrected chi connectivity index (χ1v) is 4.95. The Kier molecular flexibility index (Phi) is 2.75. The van der Waals surface area contributed by atoms with E-state index >= 15 is 0 Å². The Morgan fingerprint density at radius 3 is 3.33 bits per heavy atom. The Balaban J connectivity index is 2.28. The highest BCUT2D eigenvalue weighted by molar-refractivity contribution is 6.68. The van der Waals surface area contributed by atoms with Crippen molar-refractivity contribution in [2.24, 2.45) is 4.99 Å². The van der Waals surface area contributed by atoms with Gasteiger partial charge in [0.25, 0.3) is 0 Å². The van der Waals surface area contributed by atoms with Gasteiger partial charge in [-0.25, -0.2) is 15.2 Å². The molecule has 0 bridgehead atoms. The Labute approximate surface area is 92.0 Å². The molecule has 6 heteroatoms. The molecule has 2 aliphatic rings. The number of carbonyl (C=O) groups is 1. The topological polar surface area (TPSA) is 53.9 Å². The number of rotatable bonds is 2. The minimum atomic E-state index is -0.356. The summed E-state index contributed by atoms with van der Waals surface area (Å²) >= 11 is 5.75. The first-order chi connectivity index (χ1) is 7.22. The largest absolute Gasteiger partial charge is 0.462 e. The summed E-state index contributed by atoms with van der Waals surface area (Å²) in [6.07, 6.45) is 3.36. The van der Waals surface area contributed by atoms with Crippen molar-refractivity contribution in [3.05, 3.63) is 23.7 Å². The maximum absolute atomic E-state index is 11.5. The van der Waals surface area contributed by atoms with Crippen LogP contribution in [0.25, 0.3) is 0 Å². The van der Waals surface area contributed by atoms with E-state index in [0.29, 0.717) is 29.7 Å². The van der Waals surface area contributed by atoms with Gasteiger partial charge < -0.3 is 4.74 Å². The number of hydrogen-bond acceptors (Lipinski definition) is 5. The molecule has 15 heavy (non-hydrogen) atoms. The van der Waals surface area contributed by atoms with Gasteiger partial charge in [0, 0.05) is 6.20 Å². The predicted octanol–water partition coefficient (Wildman–Crippen LogP) is 0.746. The van der Waals surface area contributed by atoms with Crippen molar-refractivity contribution in [1.29, 1.82) is 0 Å². The molecule has 0 aromatic heterocycles. The van der Waals surface area contributed by atoms with Crippen LogP contribution in [0.4, 0.5) is 0 Å². The summed E-state index contributed by atoms with van der Waals surface area (Å²) in [5.41, 5.74) is 3.47. The highest BCUT2D eigenvalue weighted by Gasteiger charge is 2.28. The van der Waals surface area contributed by atoms with Crippen LogP contribution in [0.3, 0.4) is 0 Å². The fourth-order valence-electron chi connectivity index (χ4n) is 1.36. The number of esters is 1. The lowest BCUT2D eigenvalue weighted by Gasteiger charge is -2.17. The molecule has 80 valence electrons. The molecular formula is C9H10ClN3O2. The van der Waals surface area contributed by atoms with Crippen molar-refractivity contribution in [2.75, 3.05) is 13.2 Å². The van der Waals surface area contributed by atoms with Gasteiger partial charge in [-0.3, -0.25) is 5.01 Å². The second-order valence-corrected chi connectivity index (χ2v) is 3.37. The Morgan fingerprint density at radius 2 is 2.60 bits per heavy atom. The molecule has 0 amide bonds. The predicted molar refractivity (Wildman–Crippen MR) is 55.9 cm³/mol. The van der Waals surface area contributed by atoms with Crippen LogP contribution in [0.5, 0.6) is 0 Å². The average Bonchev–Trinajstić information content (AvgIpc) is 2.60. The van der Waals surface area contributed by atoms with Crippen molar-refractivity contribution in [3.63, 3.8) is 0 Å². The molecular weight excluding hydrogens is 218 g/mol. The van der Waals surface area contributed by atoms with Crippen LogP contribution in [0.2, 0.25) is 0 Å². The molecule has 2 heterocycles. The molecule has 0 unspecified atom stereocenters. The molecule has 0 aromatic carbocycles. The quantitative estimate of drug-likeness (QED) is 0.708. The van der Waals surface area contributed by atoms with E-state index in [4.69, 9.17) is 16.3 Å². The molecule has 1 N–H and O–H groups in total. The third-order valence-corrected chi connectivity index (χ3v) is 2.23.